The second-order valence-electron chi connectivity index (χ2n) is 7.35. The third-order valence-corrected chi connectivity index (χ3v) is 4.07. The van der Waals surface area contributed by atoms with Crippen molar-refractivity contribution in [2.24, 2.45) is 0 Å². The average Bonchev–Trinajstić information content (AvgIpc) is 2.52. The number of carbonyl (C=O) groups is 1. The third kappa shape index (κ3) is 4.66. The molecule has 0 saturated heterocycles. The molecule has 0 saturated carbocycles. The summed E-state index contributed by atoms with van der Waals surface area (Å²) in [4.78, 5) is 12.2. The molecule has 0 bridgehead atoms. The molecule has 0 aromatic heterocycles. The fourth-order valence-electron chi connectivity index (χ4n) is 2.39. The van der Waals surface area contributed by atoms with Crippen LogP contribution in [0.4, 0.5) is 0 Å². The highest BCUT2D eigenvalue weighted by Gasteiger charge is 2.12. The van der Waals surface area contributed by atoms with Crippen LogP contribution in [0.5, 0.6) is 0 Å². The van der Waals surface area contributed by atoms with Crippen molar-refractivity contribution >= 4 is 11.9 Å². The van der Waals surface area contributed by atoms with E-state index in [1.54, 1.807) is 6.08 Å². The molecule has 0 unspecified atom stereocenters. The topological polar surface area (TPSA) is 17.1 Å². The van der Waals surface area contributed by atoms with E-state index in [4.69, 9.17) is 0 Å². The van der Waals surface area contributed by atoms with Crippen molar-refractivity contribution in [1.29, 1.82) is 0 Å². The van der Waals surface area contributed by atoms with Crippen LogP contribution < -0.4 is 0 Å². The standard InChI is InChI=1S/C22H26O/c1-16(2)18-9-11-19(12-10-18)21(23)15-8-17-6-13-20(14-7-17)22(3,4)5/h6-16H,1-5H3/b15-8+. The quantitative estimate of drug-likeness (QED) is 0.500. The van der Waals surface area contributed by atoms with Crippen molar-refractivity contribution in [2.45, 2.75) is 46.0 Å². The molecule has 0 atom stereocenters. The van der Waals surface area contributed by atoms with E-state index < -0.39 is 0 Å². The van der Waals surface area contributed by atoms with Gasteiger partial charge in [0.05, 0.1) is 0 Å². The monoisotopic (exact) mass is 306 g/mol. The van der Waals surface area contributed by atoms with Crippen LogP contribution in [0.25, 0.3) is 6.08 Å². The Labute approximate surface area is 140 Å². The fraction of sp³-hybridized carbons (Fsp3) is 0.318. The molecule has 0 heterocycles. The van der Waals surface area contributed by atoms with Crippen LogP contribution in [0.2, 0.25) is 0 Å². The first kappa shape index (κ1) is 17.2. The highest BCUT2D eigenvalue weighted by molar-refractivity contribution is 6.06. The second-order valence-corrected chi connectivity index (χ2v) is 7.35. The molecule has 0 aliphatic rings. The molecule has 2 aromatic rings. The van der Waals surface area contributed by atoms with Crippen LogP contribution in [-0.4, -0.2) is 5.78 Å². The van der Waals surface area contributed by atoms with Gasteiger partial charge in [0.2, 0.25) is 0 Å². The van der Waals surface area contributed by atoms with Crippen LogP contribution in [0.3, 0.4) is 0 Å². The summed E-state index contributed by atoms with van der Waals surface area (Å²) in [5.41, 5.74) is 4.48. The largest absolute Gasteiger partial charge is 0.289 e. The molecule has 0 amide bonds. The van der Waals surface area contributed by atoms with E-state index >= 15 is 0 Å². The third-order valence-electron chi connectivity index (χ3n) is 4.07. The Morgan fingerprint density at radius 1 is 0.913 bits per heavy atom. The maximum absolute atomic E-state index is 12.2. The number of hydrogen-bond donors (Lipinski definition) is 0. The molecule has 1 nitrogen and oxygen atoms in total. The molecule has 0 spiro atoms. The first-order chi connectivity index (χ1) is 10.8. The summed E-state index contributed by atoms with van der Waals surface area (Å²) in [5.74, 6) is 0.524. The molecule has 0 fully saturated rings. The molecular formula is C22H26O. The first-order valence-corrected chi connectivity index (χ1v) is 8.20. The number of ketones is 1. The van der Waals surface area contributed by atoms with Gasteiger partial charge >= 0.3 is 0 Å². The number of hydrogen-bond acceptors (Lipinski definition) is 1. The van der Waals surface area contributed by atoms with E-state index in [0.717, 1.165) is 11.1 Å². The van der Waals surface area contributed by atoms with Gasteiger partial charge in [-0.2, -0.15) is 0 Å². The summed E-state index contributed by atoms with van der Waals surface area (Å²) in [5, 5.41) is 0. The minimum absolute atomic E-state index is 0.0419. The Morgan fingerprint density at radius 2 is 1.48 bits per heavy atom. The van der Waals surface area contributed by atoms with Gasteiger partial charge in [0.15, 0.2) is 5.78 Å². The smallest absolute Gasteiger partial charge is 0.185 e. The van der Waals surface area contributed by atoms with Crippen LogP contribution in [0.1, 0.15) is 67.6 Å². The predicted octanol–water partition coefficient (Wildman–Crippen LogP) is 6.00. The highest BCUT2D eigenvalue weighted by Crippen LogP contribution is 2.22. The minimum Gasteiger partial charge on any atom is -0.289 e. The molecule has 0 N–H and O–H groups in total. The molecule has 120 valence electrons. The van der Waals surface area contributed by atoms with Gasteiger partial charge in [0.25, 0.3) is 0 Å². The zero-order valence-electron chi connectivity index (χ0n) is 14.8. The Balaban J connectivity index is 2.08. The molecule has 23 heavy (non-hydrogen) atoms. The van der Waals surface area contributed by atoms with E-state index in [1.807, 2.05) is 30.3 Å². The van der Waals surface area contributed by atoms with E-state index in [2.05, 4.69) is 58.9 Å². The molecule has 1 heteroatoms. The fourth-order valence-corrected chi connectivity index (χ4v) is 2.39. The van der Waals surface area contributed by atoms with Crippen LogP contribution in [-0.2, 0) is 5.41 Å². The predicted molar refractivity (Wildman–Crippen MR) is 99.0 cm³/mol. The number of allylic oxidation sites excluding steroid dienone is 1. The zero-order valence-corrected chi connectivity index (χ0v) is 14.8. The Kier molecular flexibility index (Phi) is 5.20. The minimum atomic E-state index is 0.0419. The molecule has 2 rings (SSSR count). The number of carbonyl (C=O) groups excluding carboxylic acids is 1. The molecule has 0 aliphatic heterocycles. The maximum Gasteiger partial charge on any atom is 0.185 e. The molecule has 2 aromatic carbocycles. The van der Waals surface area contributed by atoms with Crippen molar-refractivity contribution in [1.82, 2.24) is 0 Å². The normalized spacial score (nSPS) is 12.1. The second kappa shape index (κ2) is 6.95. The zero-order chi connectivity index (χ0) is 17.0. The van der Waals surface area contributed by atoms with Crippen molar-refractivity contribution in [2.75, 3.05) is 0 Å². The van der Waals surface area contributed by atoms with Gasteiger partial charge in [-0.3, -0.25) is 4.79 Å². The summed E-state index contributed by atoms with van der Waals surface area (Å²) in [6, 6.07) is 16.3. The summed E-state index contributed by atoms with van der Waals surface area (Å²) in [6.07, 6.45) is 3.53. The van der Waals surface area contributed by atoms with Crippen LogP contribution in [0, 0.1) is 0 Å². The Hall–Kier alpha value is -2.15. The van der Waals surface area contributed by atoms with E-state index in [0.29, 0.717) is 5.92 Å². The van der Waals surface area contributed by atoms with Gasteiger partial charge < -0.3 is 0 Å². The lowest BCUT2D eigenvalue weighted by atomic mass is 9.87. The van der Waals surface area contributed by atoms with Crippen LogP contribution >= 0.6 is 0 Å². The van der Waals surface area contributed by atoms with Crippen molar-refractivity contribution in [3.63, 3.8) is 0 Å². The number of rotatable bonds is 4. The molecular weight excluding hydrogens is 280 g/mol. The van der Waals surface area contributed by atoms with Crippen molar-refractivity contribution in [3.05, 3.63) is 76.9 Å². The lowest BCUT2D eigenvalue weighted by Crippen LogP contribution is -2.10. The van der Waals surface area contributed by atoms with Gasteiger partial charge in [-0.15, -0.1) is 0 Å². The highest BCUT2D eigenvalue weighted by atomic mass is 16.1. The van der Waals surface area contributed by atoms with Gasteiger partial charge in [-0.25, -0.2) is 0 Å². The number of benzene rings is 2. The van der Waals surface area contributed by atoms with Crippen LogP contribution in [0.15, 0.2) is 54.6 Å². The van der Waals surface area contributed by atoms with Gasteiger partial charge in [0.1, 0.15) is 0 Å². The Bertz CT molecular complexity index is 680. The van der Waals surface area contributed by atoms with Crippen molar-refractivity contribution in [3.8, 4) is 0 Å². The van der Waals surface area contributed by atoms with Gasteiger partial charge in [-0.1, -0.05) is 89.2 Å². The average molecular weight is 306 g/mol. The van der Waals surface area contributed by atoms with Gasteiger partial charge in [-0.05, 0) is 34.1 Å². The summed E-state index contributed by atoms with van der Waals surface area (Å²) in [7, 11) is 0. The molecule has 0 radical (unpaired) electrons. The lowest BCUT2D eigenvalue weighted by Gasteiger charge is -2.18. The summed E-state index contributed by atoms with van der Waals surface area (Å²) < 4.78 is 0. The molecule has 0 aliphatic carbocycles. The first-order valence-electron chi connectivity index (χ1n) is 8.20. The SMILES string of the molecule is CC(C)c1ccc(C(=O)/C=C/c2ccc(C(C)(C)C)cc2)cc1. The summed E-state index contributed by atoms with van der Waals surface area (Å²) in [6.45, 7) is 10.9. The summed E-state index contributed by atoms with van der Waals surface area (Å²) >= 11 is 0. The van der Waals surface area contributed by atoms with E-state index in [9.17, 15) is 4.79 Å². The van der Waals surface area contributed by atoms with E-state index in [1.165, 1.54) is 11.1 Å². The van der Waals surface area contributed by atoms with Crippen molar-refractivity contribution < 1.29 is 4.79 Å². The Morgan fingerprint density at radius 3 is 1.96 bits per heavy atom. The lowest BCUT2D eigenvalue weighted by molar-refractivity contribution is 0.104. The van der Waals surface area contributed by atoms with E-state index in [-0.39, 0.29) is 11.2 Å². The van der Waals surface area contributed by atoms with Gasteiger partial charge in [0, 0.05) is 5.56 Å². The maximum atomic E-state index is 12.2.